The Bertz CT molecular complexity index is 378. The van der Waals surface area contributed by atoms with Crippen molar-refractivity contribution in [2.45, 2.75) is 39.2 Å². The van der Waals surface area contributed by atoms with Gasteiger partial charge in [-0.3, -0.25) is 0 Å². The van der Waals surface area contributed by atoms with E-state index in [-0.39, 0.29) is 5.75 Å². The van der Waals surface area contributed by atoms with Crippen LogP contribution < -0.4 is 10.5 Å². The lowest BCUT2D eigenvalue weighted by molar-refractivity contribution is 0.358. The largest absolute Gasteiger partial charge is 0.504 e. The molecule has 1 aromatic rings. The summed E-state index contributed by atoms with van der Waals surface area (Å²) in [5, 5.41) is 9.90. The minimum absolute atomic E-state index is 0.155. The Morgan fingerprint density at radius 1 is 1.31 bits per heavy atom. The van der Waals surface area contributed by atoms with Crippen molar-refractivity contribution in [2.24, 2.45) is 5.73 Å². The van der Waals surface area contributed by atoms with E-state index >= 15 is 0 Å². The molecule has 0 aromatic heterocycles. The number of nitrogens with two attached hydrogens (primary N) is 1. The first-order valence-electron chi connectivity index (χ1n) is 5.47. The molecule has 0 aliphatic carbocycles. The monoisotopic (exact) mass is 223 g/mol. The fourth-order valence-corrected chi connectivity index (χ4v) is 1.66. The Morgan fingerprint density at radius 3 is 2.25 bits per heavy atom. The third kappa shape index (κ3) is 2.47. The molecule has 0 bridgehead atoms. The smallest absolute Gasteiger partial charge is 0.165 e. The topological polar surface area (TPSA) is 55.5 Å². The second kappa shape index (κ2) is 4.34. The molecule has 16 heavy (non-hydrogen) atoms. The Hall–Kier alpha value is -1.22. The van der Waals surface area contributed by atoms with Gasteiger partial charge < -0.3 is 15.6 Å². The van der Waals surface area contributed by atoms with Crippen LogP contribution in [0.25, 0.3) is 0 Å². The molecule has 0 amide bonds. The molecular weight excluding hydrogens is 202 g/mol. The Labute approximate surface area is 97.2 Å². The van der Waals surface area contributed by atoms with Crippen LogP contribution >= 0.6 is 0 Å². The predicted molar refractivity (Wildman–Crippen MR) is 66.0 cm³/mol. The molecule has 0 aliphatic rings. The second-order valence-corrected chi connectivity index (χ2v) is 5.00. The predicted octanol–water partition coefficient (Wildman–Crippen LogP) is 2.72. The summed E-state index contributed by atoms with van der Waals surface area (Å²) in [6.07, 6.45) is 0. The minimum Gasteiger partial charge on any atom is -0.504 e. The molecule has 0 aliphatic heterocycles. The summed E-state index contributed by atoms with van der Waals surface area (Å²) in [7, 11) is 1.54. The van der Waals surface area contributed by atoms with E-state index in [1.165, 1.54) is 0 Å². The first kappa shape index (κ1) is 12.8. The number of benzene rings is 1. The van der Waals surface area contributed by atoms with E-state index in [1.54, 1.807) is 13.2 Å². The molecule has 0 fully saturated rings. The number of ether oxygens (including phenoxy) is 1. The Morgan fingerprint density at radius 2 is 1.88 bits per heavy atom. The van der Waals surface area contributed by atoms with E-state index in [0.29, 0.717) is 11.7 Å². The molecule has 0 radical (unpaired) electrons. The number of hydrogen-bond acceptors (Lipinski definition) is 3. The van der Waals surface area contributed by atoms with Crippen molar-refractivity contribution in [1.82, 2.24) is 0 Å². The summed E-state index contributed by atoms with van der Waals surface area (Å²) >= 11 is 0. The highest BCUT2D eigenvalue weighted by Gasteiger charge is 2.23. The number of rotatable bonds is 3. The normalized spacial score (nSPS) is 11.9. The van der Waals surface area contributed by atoms with Gasteiger partial charge in [-0.25, -0.2) is 0 Å². The minimum atomic E-state index is -0.534. The van der Waals surface area contributed by atoms with Crippen molar-refractivity contribution in [3.8, 4) is 11.5 Å². The van der Waals surface area contributed by atoms with Gasteiger partial charge in [0.25, 0.3) is 0 Å². The highest BCUT2D eigenvalue weighted by molar-refractivity contribution is 5.51. The lowest BCUT2D eigenvalue weighted by atomic mass is 9.90. The lowest BCUT2D eigenvalue weighted by Gasteiger charge is -2.24. The summed E-state index contributed by atoms with van der Waals surface area (Å²) in [6.45, 7) is 7.95. The van der Waals surface area contributed by atoms with Crippen molar-refractivity contribution >= 4 is 0 Å². The summed E-state index contributed by atoms with van der Waals surface area (Å²) in [5.41, 5.74) is 7.44. The maximum absolute atomic E-state index is 9.90. The zero-order valence-corrected chi connectivity index (χ0v) is 10.7. The third-order valence-corrected chi connectivity index (χ3v) is 2.66. The SMILES string of the molecule is COc1c(O)cc(C(C)C)cc1C(C)(C)N. The fourth-order valence-electron chi connectivity index (χ4n) is 1.66. The number of methoxy groups -OCH3 is 1. The van der Waals surface area contributed by atoms with Gasteiger partial charge in [0.05, 0.1) is 7.11 Å². The van der Waals surface area contributed by atoms with Crippen LogP contribution in [-0.4, -0.2) is 12.2 Å². The first-order valence-corrected chi connectivity index (χ1v) is 5.47. The maximum Gasteiger partial charge on any atom is 0.165 e. The highest BCUT2D eigenvalue weighted by atomic mass is 16.5. The van der Waals surface area contributed by atoms with Crippen LogP contribution in [0, 0.1) is 0 Å². The molecule has 90 valence electrons. The Balaban J connectivity index is 3.43. The zero-order valence-electron chi connectivity index (χ0n) is 10.7. The molecule has 0 saturated heterocycles. The number of phenolic OH excluding ortho intramolecular Hbond substituents is 1. The summed E-state index contributed by atoms with van der Waals surface area (Å²) < 4.78 is 5.21. The van der Waals surface area contributed by atoms with Crippen molar-refractivity contribution < 1.29 is 9.84 Å². The second-order valence-electron chi connectivity index (χ2n) is 5.00. The number of aromatic hydroxyl groups is 1. The molecule has 3 N–H and O–H groups in total. The van der Waals surface area contributed by atoms with E-state index in [4.69, 9.17) is 10.5 Å². The number of phenols is 1. The molecule has 0 heterocycles. The molecular formula is C13H21NO2. The molecule has 0 unspecified atom stereocenters. The molecule has 0 atom stereocenters. The van der Waals surface area contributed by atoms with Crippen LogP contribution in [0.2, 0.25) is 0 Å². The van der Waals surface area contributed by atoms with Gasteiger partial charge in [0.1, 0.15) is 0 Å². The standard InChI is InChI=1S/C13H21NO2/c1-8(2)9-6-10(13(3,4)14)12(16-5)11(15)7-9/h6-8,15H,14H2,1-5H3. The van der Waals surface area contributed by atoms with Gasteiger partial charge in [0, 0.05) is 11.1 Å². The molecule has 3 heteroatoms. The van der Waals surface area contributed by atoms with Crippen molar-refractivity contribution in [2.75, 3.05) is 7.11 Å². The summed E-state index contributed by atoms with van der Waals surface area (Å²) in [4.78, 5) is 0. The average Bonchev–Trinajstić information content (AvgIpc) is 2.14. The van der Waals surface area contributed by atoms with Gasteiger partial charge in [-0.05, 0) is 37.5 Å². The van der Waals surface area contributed by atoms with Crippen LogP contribution in [0.4, 0.5) is 0 Å². The third-order valence-electron chi connectivity index (χ3n) is 2.66. The van der Waals surface area contributed by atoms with Crippen LogP contribution in [-0.2, 0) is 5.54 Å². The van der Waals surface area contributed by atoms with Crippen LogP contribution in [0.3, 0.4) is 0 Å². The molecule has 1 aromatic carbocycles. The molecule has 0 spiro atoms. The van der Waals surface area contributed by atoms with E-state index in [0.717, 1.165) is 11.1 Å². The highest BCUT2D eigenvalue weighted by Crippen LogP contribution is 2.38. The summed E-state index contributed by atoms with van der Waals surface area (Å²) in [5.74, 6) is 0.969. The lowest BCUT2D eigenvalue weighted by Crippen LogP contribution is -2.29. The fraction of sp³-hybridized carbons (Fsp3) is 0.538. The van der Waals surface area contributed by atoms with Crippen molar-refractivity contribution in [3.05, 3.63) is 23.3 Å². The van der Waals surface area contributed by atoms with E-state index in [1.807, 2.05) is 19.9 Å². The molecule has 3 nitrogen and oxygen atoms in total. The van der Waals surface area contributed by atoms with Crippen LogP contribution in [0.1, 0.15) is 44.7 Å². The van der Waals surface area contributed by atoms with Gasteiger partial charge in [-0.2, -0.15) is 0 Å². The quantitative estimate of drug-likeness (QED) is 0.828. The maximum atomic E-state index is 9.90. The van der Waals surface area contributed by atoms with Crippen LogP contribution in [0.15, 0.2) is 12.1 Å². The van der Waals surface area contributed by atoms with Crippen molar-refractivity contribution in [3.63, 3.8) is 0 Å². The van der Waals surface area contributed by atoms with Crippen molar-refractivity contribution in [1.29, 1.82) is 0 Å². The zero-order chi connectivity index (χ0) is 12.5. The van der Waals surface area contributed by atoms with E-state index in [2.05, 4.69) is 13.8 Å². The van der Waals surface area contributed by atoms with E-state index < -0.39 is 5.54 Å². The number of hydrogen-bond donors (Lipinski definition) is 2. The van der Waals surface area contributed by atoms with Gasteiger partial charge in [0.15, 0.2) is 11.5 Å². The van der Waals surface area contributed by atoms with Gasteiger partial charge >= 0.3 is 0 Å². The first-order chi connectivity index (χ1) is 7.27. The Kier molecular flexibility index (Phi) is 3.48. The average molecular weight is 223 g/mol. The molecule has 0 saturated carbocycles. The van der Waals surface area contributed by atoms with Crippen LogP contribution in [0.5, 0.6) is 11.5 Å². The summed E-state index contributed by atoms with van der Waals surface area (Å²) in [6, 6.07) is 3.74. The van der Waals surface area contributed by atoms with Gasteiger partial charge in [-0.15, -0.1) is 0 Å². The van der Waals surface area contributed by atoms with Gasteiger partial charge in [0.2, 0.25) is 0 Å². The van der Waals surface area contributed by atoms with Gasteiger partial charge in [-0.1, -0.05) is 13.8 Å². The van der Waals surface area contributed by atoms with E-state index in [9.17, 15) is 5.11 Å². The molecule has 1 rings (SSSR count).